The van der Waals surface area contributed by atoms with Gasteiger partial charge >= 0.3 is 5.97 Å². The highest BCUT2D eigenvalue weighted by atomic mass is 16.8. The van der Waals surface area contributed by atoms with Crippen LogP contribution >= 0.6 is 0 Å². The topological polar surface area (TPSA) is 100 Å². The van der Waals surface area contributed by atoms with Crippen molar-refractivity contribution in [1.82, 2.24) is 0 Å². The van der Waals surface area contributed by atoms with E-state index in [2.05, 4.69) is 0 Å². The van der Waals surface area contributed by atoms with E-state index < -0.39 is 24.3 Å². The number of carboxylic acids is 1. The maximum Gasteiger partial charge on any atom is 0.335 e. The molecule has 0 aromatic heterocycles. The van der Waals surface area contributed by atoms with Crippen molar-refractivity contribution in [3.63, 3.8) is 0 Å². The molecule has 2 saturated heterocycles. The van der Waals surface area contributed by atoms with Crippen molar-refractivity contribution in [2.24, 2.45) is 5.73 Å². The van der Waals surface area contributed by atoms with Gasteiger partial charge in [-0.3, -0.25) is 0 Å². The van der Waals surface area contributed by atoms with Crippen LogP contribution in [0.5, 0.6) is 0 Å². The minimum Gasteiger partial charge on any atom is -0.479 e. The zero-order chi connectivity index (χ0) is 10.8. The first kappa shape index (κ1) is 10.8. The number of hydrogen-bond donors (Lipinski definition) is 2. The van der Waals surface area contributed by atoms with E-state index in [1.807, 2.05) is 0 Å². The Hall–Kier alpha value is -0.730. The molecule has 4 atom stereocenters. The zero-order valence-electron chi connectivity index (χ0n) is 8.00. The van der Waals surface area contributed by atoms with Crippen molar-refractivity contribution in [3.8, 4) is 0 Å². The van der Waals surface area contributed by atoms with E-state index in [9.17, 15) is 4.79 Å². The molecule has 0 bridgehead atoms. The Morgan fingerprint density at radius 3 is 2.53 bits per heavy atom. The van der Waals surface area contributed by atoms with E-state index in [0.717, 1.165) is 0 Å². The highest BCUT2D eigenvalue weighted by Crippen LogP contribution is 2.25. The van der Waals surface area contributed by atoms with Gasteiger partial charge in [0.25, 0.3) is 0 Å². The van der Waals surface area contributed by atoms with Gasteiger partial charge in [-0.25, -0.2) is 4.79 Å². The Balaban J connectivity index is 2.11. The van der Waals surface area contributed by atoms with Crippen molar-refractivity contribution in [3.05, 3.63) is 0 Å². The van der Waals surface area contributed by atoms with Gasteiger partial charge in [0, 0.05) is 6.54 Å². The summed E-state index contributed by atoms with van der Waals surface area (Å²) in [6.45, 7) is 0.192. The fourth-order valence-electron chi connectivity index (χ4n) is 1.77. The largest absolute Gasteiger partial charge is 0.479 e. The number of ether oxygens (including phenoxy) is 4. The second-order valence-electron chi connectivity index (χ2n) is 3.36. The average Bonchev–Trinajstić information content (AvgIpc) is 2.27. The van der Waals surface area contributed by atoms with Crippen LogP contribution in [-0.2, 0) is 23.7 Å². The van der Waals surface area contributed by atoms with E-state index in [0.29, 0.717) is 0 Å². The zero-order valence-corrected chi connectivity index (χ0v) is 8.00. The van der Waals surface area contributed by atoms with Crippen LogP contribution < -0.4 is 5.73 Å². The number of fused-ring (bicyclic) bond motifs is 1. The number of nitrogens with two attached hydrogens (primary N) is 1. The Kier molecular flexibility index (Phi) is 3.17. The van der Waals surface area contributed by atoms with Gasteiger partial charge < -0.3 is 29.8 Å². The predicted molar refractivity (Wildman–Crippen MR) is 45.9 cm³/mol. The second kappa shape index (κ2) is 4.42. The van der Waals surface area contributed by atoms with E-state index >= 15 is 0 Å². The van der Waals surface area contributed by atoms with Gasteiger partial charge in [-0.1, -0.05) is 0 Å². The van der Waals surface area contributed by atoms with Gasteiger partial charge in [0.1, 0.15) is 31.9 Å². The molecule has 15 heavy (non-hydrogen) atoms. The monoisotopic (exact) mass is 219 g/mol. The molecule has 86 valence electrons. The minimum absolute atomic E-state index is 0.0134. The van der Waals surface area contributed by atoms with Crippen LogP contribution in [0.4, 0.5) is 0 Å². The molecule has 3 N–H and O–H groups in total. The van der Waals surface area contributed by atoms with E-state index in [1.54, 1.807) is 0 Å². The molecule has 0 aromatic rings. The van der Waals surface area contributed by atoms with Crippen LogP contribution in [0.2, 0.25) is 0 Å². The minimum atomic E-state index is -1.06. The molecule has 7 heteroatoms. The van der Waals surface area contributed by atoms with Gasteiger partial charge in [-0.15, -0.1) is 0 Å². The lowest BCUT2D eigenvalue weighted by atomic mass is 10.0. The quantitative estimate of drug-likeness (QED) is 0.583. The van der Waals surface area contributed by atoms with E-state index in [-0.39, 0.29) is 26.2 Å². The number of carboxylic acid groups (broad SMARTS) is 1. The normalized spacial score (nSPS) is 40.9. The summed E-state index contributed by atoms with van der Waals surface area (Å²) >= 11 is 0. The summed E-state index contributed by atoms with van der Waals surface area (Å²) in [5.74, 6) is -1.06. The molecule has 0 spiro atoms. The van der Waals surface area contributed by atoms with Crippen molar-refractivity contribution in [1.29, 1.82) is 0 Å². The predicted octanol–water partition coefficient (Wildman–Crippen LogP) is -1.49. The first-order valence-corrected chi connectivity index (χ1v) is 4.63. The highest BCUT2D eigenvalue weighted by Gasteiger charge is 2.46. The molecular formula is C8H13NO6. The van der Waals surface area contributed by atoms with Crippen molar-refractivity contribution < 1.29 is 28.8 Å². The summed E-state index contributed by atoms with van der Waals surface area (Å²) in [6.07, 6.45) is -2.48. The Morgan fingerprint density at radius 2 is 1.87 bits per heavy atom. The lowest BCUT2D eigenvalue weighted by Crippen LogP contribution is -2.60. The van der Waals surface area contributed by atoms with Gasteiger partial charge in [0.05, 0.1) is 0 Å². The first-order valence-electron chi connectivity index (χ1n) is 4.63. The Labute approximate surface area is 86.0 Å². The fraction of sp³-hybridized carbons (Fsp3) is 0.875. The van der Waals surface area contributed by atoms with Crippen LogP contribution in [0.15, 0.2) is 0 Å². The summed E-state index contributed by atoms with van der Waals surface area (Å²) in [5.41, 5.74) is 5.48. The molecule has 7 nitrogen and oxygen atoms in total. The molecule has 2 aliphatic rings. The molecule has 0 amide bonds. The Bertz CT molecular complexity index is 247. The van der Waals surface area contributed by atoms with Crippen LogP contribution in [0.25, 0.3) is 0 Å². The molecule has 0 unspecified atom stereocenters. The molecule has 2 heterocycles. The standard InChI is InChI=1S/C8H13NO6/c9-1-4-5-6(14-2-12-4)7(8(10)11)15-3-13-5/h4-7H,1-3,9H2,(H,10,11)/t4-,5-,6+,7+/m0/s1. The summed E-state index contributed by atoms with van der Waals surface area (Å²) in [7, 11) is 0. The SMILES string of the molecule is NC[C@@H]1OCO[C@@H]2[C@H]1OCO[C@H]2C(=O)O. The van der Waals surface area contributed by atoms with Gasteiger partial charge in [-0.2, -0.15) is 0 Å². The van der Waals surface area contributed by atoms with Crippen LogP contribution in [0, 0.1) is 0 Å². The summed E-state index contributed by atoms with van der Waals surface area (Å²) in [6, 6.07) is 0. The summed E-state index contributed by atoms with van der Waals surface area (Å²) in [4.78, 5) is 10.9. The number of rotatable bonds is 2. The molecule has 0 aromatic carbocycles. The molecule has 2 aliphatic heterocycles. The van der Waals surface area contributed by atoms with Crippen LogP contribution in [0.1, 0.15) is 0 Å². The van der Waals surface area contributed by atoms with Crippen LogP contribution in [0.3, 0.4) is 0 Å². The number of aliphatic carboxylic acids is 1. The first-order chi connectivity index (χ1) is 7.24. The summed E-state index contributed by atoms with van der Waals surface area (Å²) < 4.78 is 20.6. The van der Waals surface area contributed by atoms with E-state index in [1.165, 1.54) is 0 Å². The Morgan fingerprint density at radius 1 is 1.20 bits per heavy atom. The molecule has 0 aliphatic carbocycles. The lowest BCUT2D eigenvalue weighted by molar-refractivity contribution is -0.317. The molecule has 2 rings (SSSR count). The smallest absolute Gasteiger partial charge is 0.335 e. The van der Waals surface area contributed by atoms with Crippen molar-refractivity contribution in [2.75, 3.05) is 20.1 Å². The number of hydrogen-bond acceptors (Lipinski definition) is 6. The third kappa shape index (κ3) is 1.97. The molecule has 0 radical (unpaired) electrons. The van der Waals surface area contributed by atoms with Crippen LogP contribution in [-0.4, -0.2) is 55.6 Å². The molecule has 0 saturated carbocycles. The average molecular weight is 219 g/mol. The maximum atomic E-state index is 10.9. The van der Waals surface area contributed by atoms with Gasteiger partial charge in [0.15, 0.2) is 6.10 Å². The van der Waals surface area contributed by atoms with Crippen molar-refractivity contribution >= 4 is 5.97 Å². The van der Waals surface area contributed by atoms with E-state index in [4.69, 9.17) is 29.8 Å². The van der Waals surface area contributed by atoms with Gasteiger partial charge in [-0.05, 0) is 0 Å². The highest BCUT2D eigenvalue weighted by molar-refractivity contribution is 5.73. The number of carbonyl (C=O) groups is 1. The maximum absolute atomic E-state index is 10.9. The lowest BCUT2D eigenvalue weighted by Gasteiger charge is -2.42. The third-order valence-corrected chi connectivity index (χ3v) is 2.52. The molecule has 2 fully saturated rings. The third-order valence-electron chi connectivity index (χ3n) is 2.52. The second-order valence-corrected chi connectivity index (χ2v) is 3.36. The fourth-order valence-corrected chi connectivity index (χ4v) is 1.77. The van der Waals surface area contributed by atoms with Gasteiger partial charge in [0.2, 0.25) is 0 Å². The van der Waals surface area contributed by atoms with Crippen molar-refractivity contribution in [2.45, 2.75) is 24.4 Å². The molecular weight excluding hydrogens is 206 g/mol. The summed E-state index contributed by atoms with van der Waals surface area (Å²) in [5, 5.41) is 8.90.